The molecule has 2 amide bonds. The van der Waals surface area contributed by atoms with Gasteiger partial charge in [-0.2, -0.15) is 5.26 Å². The summed E-state index contributed by atoms with van der Waals surface area (Å²) < 4.78 is 46.0. The van der Waals surface area contributed by atoms with E-state index in [1.54, 1.807) is 12.1 Å². The number of nitrogens with one attached hydrogen (secondary N) is 1. The molecule has 0 spiro atoms. The summed E-state index contributed by atoms with van der Waals surface area (Å²) in [4.78, 5) is 31.4. The van der Waals surface area contributed by atoms with E-state index in [2.05, 4.69) is 10.3 Å². The van der Waals surface area contributed by atoms with E-state index in [0.29, 0.717) is 31.2 Å². The Morgan fingerprint density at radius 1 is 1.19 bits per heavy atom. The number of ether oxygens (including phenoxy) is 1. The van der Waals surface area contributed by atoms with E-state index in [9.17, 15) is 27.7 Å². The van der Waals surface area contributed by atoms with Gasteiger partial charge in [-0.15, -0.1) is 0 Å². The van der Waals surface area contributed by atoms with Gasteiger partial charge >= 0.3 is 6.09 Å². The van der Waals surface area contributed by atoms with Crippen molar-refractivity contribution in [2.24, 2.45) is 0 Å². The molecule has 1 aromatic heterocycles. The highest BCUT2D eigenvalue weighted by atomic mass is 35.5. The van der Waals surface area contributed by atoms with Crippen LogP contribution < -0.4 is 5.32 Å². The number of nitrogens with zero attached hydrogens (tertiary/aromatic N) is 3. The molecule has 9 nitrogen and oxygen atoms in total. The second-order valence-corrected chi connectivity index (χ2v) is 12.6. The number of sulfone groups is 1. The summed E-state index contributed by atoms with van der Waals surface area (Å²) in [6.45, 7) is -0.265. The maximum atomic E-state index is 13.8. The standard InChI is InChI=1S/C24H21Cl2FN4O5S/c25-17-9-15(27)2-3-18(17)37(34,35)16-10-20(36-22(33)30-23(13-28)5-6-23)31(12-16)21(32)24(7-8-24)14-1-4-19(26)29-11-14/h1-4,9,11,16,20H,5-8,10,12H2,(H,30,33)/t16-,20+/m1/s1. The fourth-order valence-corrected chi connectivity index (χ4v) is 6.95. The molecule has 2 aliphatic carbocycles. The Balaban J connectivity index is 1.44. The predicted octanol–water partition coefficient (Wildman–Crippen LogP) is 3.74. The minimum atomic E-state index is -4.13. The van der Waals surface area contributed by atoms with E-state index < -0.39 is 50.1 Å². The summed E-state index contributed by atoms with van der Waals surface area (Å²) in [6.07, 6.45) is 1.10. The van der Waals surface area contributed by atoms with Crippen molar-refractivity contribution >= 4 is 45.0 Å². The number of rotatable bonds is 6. The lowest BCUT2D eigenvalue weighted by Crippen LogP contribution is -2.47. The summed E-state index contributed by atoms with van der Waals surface area (Å²) in [5.74, 6) is -1.09. The Hall–Kier alpha value is -2.94. The smallest absolute Gasteiger partial charge is 0.410 e. The lowest BCUT2D eigenvalue weighted by Gasteiger charge is -2.29. The van der Waals surface area contributed by atoms with E-state index >= 15 is 0 Å². The highest BCUT2D eigenvalue weighted by Gasteiger charge is 2.57. The Morgan fingerprint density at radius 2 is 1.92 bits per heavy atom. The Morgan fingerprint density at radius 3 is 2.49 bits per heavy atom. The molecule has 0 radical (unpaired) electrons. The van der Waals surface area contributed by atoms with Gasteiger partial charge in [0.15, 0.2) is 16.1 Å². The molecule has 13 heteroatoms. The number of benzene rings is 1. The van der Waals surface area contributed by atoms with Crippen LogP contribution in [0.2, 0.25) is 10.2 Å². The molecular formula is C24H21Cl2FN4O5S. The first-order chi connectivity index (χ1) is 17.5. The van der Waals surface area contributed by atoms with E-state index in [0.717, 1.165) is 18.2 Å². The fraction of sp³-hybridized carbons (Fsp3) is 0.417. The van der Waals surface area contributed by atoms with E-state index in [1.165, 1.54) is 11.1 Å². The molecule has 0 unspecified atom stereocenters. The zero-order valence-electron chi connectivity index (χ0n) is 19.3. The van der Waals surface area contributed by atoms with Crippen molar-refractivity contribution in [3.8, 4) is 6.07 Å². The summed E-state index contributed by atoms with van der Waals surface area (Å²) in [5, 5.41) is 10.6. The Labute approximate surface area is 222 Å². The molecule has 3 aliphatic rings. The lowest BCUT2D eigenvalue weighted by atomic mass is 9.96. The number of alkyl carbamates (subject to hydrolysis) is 1. The maximum Gasteiger partial charge on any atom is 0.410 e. The molecule has 2 saturated carbocycles. The number of hydrogen-bond donors (Lipinski definition) is 1. The van der Waals surface area contributed by atoms with Gasteiger partial charge in [0, 0.05) is 19.2 Å². The van der Waals surface area contributed by atoms with E-state index in [1.807, 2.05) is 6.07 Å². The molecule has 2 heterocycles. The number of carbonyl (C=O) groups is 2. The molecule has 2 aromatic rings. The van der Waals surface area contributed by atoms with Crippen LogP contribution in [0.15, 0.2) is 41.4 Å². The second-order valence-electron chi connectivity index (χ2n) is 9.57. The van der Waals surface area contributed by atoms with Gasteiger partial charge in [-0.1, -0.05) is 29.3 Å². The lowest BCUT2D eigenvalue weighted by molar-refractivity contribution is -0.140. The van der Waals surface area contributed by atoms with E-state index in [-0.39, 0.29) is 28.0 Å². The highest BCUT2D eigenvalue weighted by molar-refractivity contribution is 7.92. The minimum Gasteiger partial charge on any atom is -0.425 e. The molecule has 2 atom stereocenters. The first kappa shape index (κ1) is 25.7. The summed E-state index contributed by atoms with van der Waals surface area (Å²) in [7, 11) is -4.13. The van der Waals surface area contributed by atoms with Crippen molar-refractivity contribution in [3.63, 3.8) is 0 Å². The van der Waals surface area contributed by atoms with Crippen LogP contribution in [0.5, 0.6) is 0 Å². The van der Waals surface area contributed by atoms with Gasteiger partial charge in [0.25, 0.3) is 0 Å². The van der Waals surface area contributed by atoms with Crippen molar-refractivity contribution in [2.75, 3.05) is 6.54 Å². The van der Waals surface area contributed by atoms with Crippen molar-refractivity contribution in [1.82, 2.24) is 15.2 Å². The first-order valence-corrected chi connectivity index (χ1v) is 13.8. The van der Waals surface area contributed by atoms with Crippen molar-refractivity contribution in [1.29, 1.82) is 5.26 Å². The third-order valence-corrected chi connectivity index (χ3v) is 9.94. The van der Waals surface area contributed by atoms with Crippen LogP contribution in [0.4, 0.5) is 9.18 Å². The molecule has 5 rings (SSSR count). The summed E-state index contributed by atoms with van der Waals surface area (Å²) in [6, 6.07) is 8.24. The second kappa shape index (κ2) is 9.11. The highest BCUT2D eigenvalue weighted by Crippen LogP contribution is 2.51. The van der Waals surface area contributed by atoms with Crippen LogP contribution >= 0.6 is 23.2 Å². The summed E-state index contributed by atoms with van der Waals surface area (Å²) >= 11 is 11.9. The summed E-state index contributed by atoms with van der Waals surface area (Å²) in [5.41, 5.74) is -1.32. The quantitative estimate of drug-likeness (QED) is 0.416. The van der Waals surface area contributed by atoms with Crippen LogP contribution in [-0.4, -0.2) is 53.9 Å². The molecule has 1 aliphatic heterocycles. The molecule has 1 N–H and O–H groups in total. The van der Waals surface area contributed by atoms with Crippen LogP contribution in [-0.2, 0) is 24.8 Å². The SMILES string of the molecule is N#CC1(NC(=O)O[C@H]2C[C@@H](S(=O)(=O)c3ccc(F)cc3Cl)CN2C(=O)C2(c3ccc(Cl)nc3)CC2)CC1. The maximum absolute atomic E-state index is 13.8. The predicted molar refractivity (Wildman–Crippen MR) is 130 cm³/mol. The van der Waals surface area contributed by atoms with Crippen molar-refractivity contribution in [2.45, 2.75) is 59.4 Å². The number of hydrogen-bond acceptors (Lipinski definition) is 7. The van der Waals surface area contributed by atoms with Gasteiger partial charge < -0.3 is 15.0 Å². The number of halogens is 3. The normalized spacial score (nSPS) is 23.1. The molecular weight excluding hydrogens is 546 g/mol. The van der Waals surface area contributed by atoms with Gasteiger partial charge in [0.2, 0.25) is 5.91 Å². The number of nitriles is 1. The molecule has 194 valence electrons. The van der Waals surface area contributed by atoms with Crippen LogP contribution in [0.3, 0.4) is 0 Å². The molecule has 1 aromatic carbocycles. The number of aromatic nitrogens is 1. The topological polar surface area (TPSA) is 129 Å². The Bertz CT molecular complexity index is 1420. The average Bonchev–Trinajstić information content (AvgIpc) is 3.77. The monoisotopic (exact) mass is 566 g/mol. The van der Waals surface area contributed by atoms with Gasteiger partial charge in [-0.05, 0) is 55.5 Å². The Kier molecular flexibility index (Phi) is 6.33. The third-order valence-electron chi connectivity index (χ3n) is 7.10. The van der Waals surface area contributed by atoms with Gasteiger partial charge in [-0.25, -0.2) is 22.6 Å². The average molecular weight is 567 g/mol. The molecule has 37 heavy (non-hydrogen) atoms. The zero-order valence-corrected chi connectivity index (χ0v) is 21.6. The van der Waals surface area contributed by atoms with Gasteiger partial charge in [0.05, 0.1) is 26.7 Å². The number of pyridine rings is 1. The van der Waals surface area contributed by atoms with Crippen molar-refractivity contribution in [3.05, 3.63) is 58.1 Å². The first-order valence-electron chi connectivity index (χ1n) is 11.5. The van der Waals surface area contributed by atoms with Crippen LogP contribution in [0.1, 0.15) is 37.7 Å². The van der Waals surface area contributed by atoms with E-state index in [4.69, 9.17) is 27.9 Å². The van der Waals surface area contributed by atoms with Crippen molar-refractivity contribution < 1.29 is 27.1 Å². The number of likely N-dealkylation sites (tertiary alicyclic amines) is 1. The fourth-order valence-electron chi connectivity index (χ4n) is 4.62. The molecule has 3 fully saturated rings. The van der Waals surface area contributed by atoms with Gasteiger partial charge in [-0.3, -0.25) is 4.79 Å². The number of amides is 2. The zero-order chi connectivity index (χ0) is 26.6. The van der Waals surface area contributed by atoms with Crippen LogP contribution in [0.25, 0.3) is 0 Å². The minimum absolute atomic E-state index is 0.219. The largest absolute Gasteiger partial charge is 0.425 e. The molecule has 0 bridgehead atoms. The van der Waals surface area contributed by atoms with Gasteiger partial charge in [0.1, 0.15) is 16.5 Å². The third kappa shape index (κ3) is 4.74. The van der Waals surface area contributed by atoms with Crippen LogP contribution in [0, 0.1) is 17.1 Å². The molecule has 1 saturated heterocycles. The number of carbonyl (C=O) groups excluding carboxylic acids is 2.